The van der Waals surface area contributed by atoms with Crippen molar-refractivity contribution in [3.05, 3.63) is 66.1 Å². The zero-order valence-corrected chi connectivity index (χ0v) is 19.0. The van der Waals surface area contributed by atoms with Gasteiger partial charge in [-0.15, -0.1) is 0 Å². The van der Waals surface area contributed by atoms with Gasteiger partial charge in [0.25, 0.3) is 0 Å². The third kappa shape index (κ3) is 6.32. The van der Waals surface area contributed by atoms with Crippen LogP contribution in [0.4, 0.5) is 4.79 Å². The predicted molar refractivity (Wildman–Crippen MR) is 123 cm³/mol. The molecule has 2 aromatic carbocycles. The molecule has 10 heteroatoms. The summed E-state index contributed by atoms with van der Waals surface area (Å²) in [7, 11) is 1.62. The number of ether oxygens (including phenoxy) is 2. The summed E-state index contributed by atoms with van der Waals surface area (Å²) in [5, 5.41) is 6.58. The Hall–Kier alpha value is -3.92. The van der Waals surface area contributed by atoms with E-state index in [1.807, 2.05) is 54.6 Å². The van der Waals surface area contributed by atoms with E-state index in [1.54, 1.807) is 12.0 Å². The fraction of sp³-hybridized carbons (Fsp3) is 0.333. The van der Waals surface area contributed by atoms with Gasteiger partial charge in [0.2, 0.25) is 17.6 Å². The molecule has 2 heterocycles. The van der Waals surface area contributed by atoms with Crippen LogP contribution in [-0.4, -0.2) is 71.8 Å². The van der Waals surface area contributed by atoms with Gasteiger partial charge in [-0.05, 0) is 29.8 Å². The molecular weight excluding hydrogens is 438 g/mol. The summed E-state index contributed by atoms with van der Waals surface area (Å²) >= 11 is 0. The second-order valence-electron chi connectivity index (χ2n) is 7.81. The molecule has 3 aromatic rings. The van der Waals surface area contributed by atoms with E-state index in [1.165, 1.54) is 0 Å². The third-order valence-corrected chi connectivity index (χ3v) is 5.50. The largest absolute Gasteiger partial charge is 0.497 e. The van der Waals surface area contributed by atoms with E-state index in [2.05, 4.69) is 20.4 Å². The van der Waals surface area contributed by atoms with Crippen molar-refractivity contribution in [1.29, 1.82) is 0 Å². The van der Waals surface area contributed by atoms with Crippen LogP contribution >= 0.6 is 0 Å². The van der Waals surface area contributed by atoms with Crippen LogP contribution < -0.4 is 10.1 Å². The topological polar surface area (TPSA) is 110 Å². The van der Waals surface area contributed by atoms with E-state index in [9.17, 15) is 9.59 Å². The van der Waals surface area contributed by atoms with Gasteiger partial charge in [-0.3, -0.25) is 9.69 Å². The van der Waals surface area contributed by atoms with Crippen molar-refractivity contribution in [2.75, 3.05) is 39.8 Å². The maximum atomic E-state index is 12.4. The number of hydrogen-bond acceptors (Lipinski definition) is 8. The molecule has 34 heavy (non-hydrogen) atoms. The van der Waals surface area contributed by atoms with Crippen molar-refractivity contribution in [3.8, 4) is 17.1 Å². The number of amides is 2. The molecule has 0 bridgehead atoms. The summed E-state index contributed by atoms with van der Waals surface area (Å²) in [6.07, 6.45) is -0.611. The molecule has 0 aliphatic carbocycles. The number of aromatic nitrogens is 2. The number of carbonyl (C=O) groups is 2. The predicted octanol–water partition coefficient (Wildman–Crippen LogP) is 2.32. The van der Waals surface area contributed by atoms with Crippen molar-refractivity contribution in [3.63, 3.8) is 0 Å². The highest BCUT2D eigenvalue weighted by Gasteiger charge is 2.23. The van der Waals surface area contributed by atoms with Gasteiger partial charge in [0, 0.05) is 31.7 Å². The van der Waals surface area contributed by atoms with E-state index >= 15 is 0 Å². The molecule has 0 radical (unpaired) electrons. The summed E-state index contributed by atoms with van der Waals surface area (Å²) in [5.74, 6) is 1.67. The van der Waals surface area contributed by atoms with Gasteiger partial charge in [0.1, 0.15) is 18.9 Å². The fourth-order valence-corrected chi connectivity index (χ4v) is 3.56. The highest BCUT2D eigenvalue weighted by atomic mass is 16.5. The molecule has 0 atom stereocenters. The van der Waals surface area contributed by atoms with Crippen LogP contribution in [0.25, 0.3) is 11.4 Å². The first kappa shape index (κ1) is 23.2. The molecule has 0 spiro atoms. The Morgan fingerprint density at radius 3 is 2.47 bits per heavy atom. The zero-order chi connectivity index (χ0) is 23.8. The van der Waals surface area contributed by atoms with Crippen LogP contribution in [0.1, 0.15) is 11.5 Å². The Kier molecular flexibility index (Phi) is 7.71. The number of alkyl carbamates (subject to hydrolysis) is 1. The standard InChI is InChI=1S/C24H27N5O5/c1-32-20-9-7-19(8-10-20)23-26-21(34-27-23)16-28-11-13-29(14-12-28)22(30)15-25-24(31)33-17-18-5-3-2-4-6-18/h2-10H,11-17H2,1H3,(H,25,31). The quantitative estimate of drug-likeness (QED) is 0.540. The summed E-state index contributed by atoms with van der Waals surface area (Å²) in [5.41, 5.74) is 1.73. The van der Waals surface area contributed by atoms with Gasteiger partial charge in [0.15, 0.2) is 0 Å². The molecule has 1 aromatic heterocycles. The summed E-state index contributed by atoms with van der Waals surface area (Å²) in [4.78, 5) is 32.6. The molecule has 1 fully saturated rings. The van der Waals surface area contributed by atoms with Crippen LogP contribution in [-0.2, 0) is 22.7 Å². The maximum Gasteiger partial charge on any atom is 0.407 e. The minimum atomic E-state index is -0.611. The average molecular weight is 466 g/mol. The maximum absolute atomic E-state index is 12.4. The van der Waals surface area contributed by atoms with Gasteiger partial charge in [-0.25, -0.2) is 4.79 Å². The first-order valence-corrected chi connectivity index (χ1v) is 11.0. The van der Waals surface area contributed by atoms with Crippen LogP contribution in [0.3, 0.4) is 0 Å². The van der Waals surface area contributed by atoms with Gasteiger partial charge in [0.05, 0.1) is 13.7 Å². The Morgan fingerprint density at radius 2 is 1.76 bits per heavy atom. The first-order valence-electron chi connectivity index (χ1n) is 11.0. The molecule has 4 rings (SSSR count). The highest BCUT2D eigenvalue weighted by Crippen LogP contribution is 2.20. The molecule has 0 saturated carbocycles. The van der Waals surface area contributed by atoms with Crippen molar-refractivity contribution < 1.29 is 23.6 Å². The number of rotatable bonds is 8. The van der Waals surface area contributed by atoms with Crippen molar-refractivity contribution in [1.82, 2.24) is 25.3 Å². The Balaban J connectivity index is 1.17. The van der Waals surface area contributed by atoms with Gasteiger partial charge in [-0.1, -0.05) is 35.5 Å². The van der Waals surface area contributed by atoms with Gasteiger partial charge >= 0.3 is 6.09 Å². The molecule has 2 amide bonds. The summed E-state index contributed by atoms with van der Waals surface area (Å²) in [6, 6.07) is 16.8. The second kappa shape index (κ2) is 11.3. The minimum Gasteiger partial charge on any atom is -0.497 e. The van der Waals surface area contributed by atoms with Crippen molar-refractivity contribution in [2.45, 2.75) is 13.2 Å². The van der Waals surface area contributed by atoms with E-state index in [0.29, 0.717) is 44.4 Å². The second-order valence-corrected chi connectivity index (χ2v) is 7.81. The van der Waals surface area contributed by atoms with Crippen LogP contribution in [0.2, 0.25) is 0 Å². The number of nitrogens with zero attached hydrogens (tertiary/aromatic N) is 4. The lowest BCUT2D eigenvalue weighted by Gasteiger charge is -2.33. The smallest absolute Gasteiger partial charge is 0.407 e. The molecule has 0 unspecified atom stereocenters. The molecule has 1 aliphatic rings. The lowest BCUT2D eigenvalue weighted by Crippen LogP contribution is -2.50. The van der Waals surface area contributed by atoms with E-state index in [0.717, 1.165) is 16.9 Å². The number of benzene rings is 2. The highest BCUT2D eigenvalue weighted by molar-refractivity contribution is 5.82. The molecule has 178 valence electrons. The average Bonchev–Trinajstić information content (AvgIpc) is 3.35. The SMILES string of the molecule is COc1ccc(-c2noc(CN3CCN(C(=O)CNC(=O)OCc4ccccc4)CC3)n2)cc1. The van der Waals surface area contributed by atoms with Gasteiger partial charge in [-0.2, -0.15) is 4.98 Å². The molecule has 1 saturated heterocycles. The number of methoxy groups -OCH3 is 1. The molecular formula is C24H27N5O5. The summed E-state index contributed by atoms with van der Waals surface area (Å²) < 4.78 is 15.7. The lowest BCUT2D eigenvalue weighted by atomic mass is 10.2. The monoisotopic (exact) mass is 465 g/mol. The zero-order valence-electron chi connectivity index (χ0n) is 19.0. The molecule has 1 aliphatic heterocycles. The number of piperazine rings is 1. The van der Waals surface area contributed by atoms with E-state index in [4.69, 9.17) is 14.0 Å². The first-order chi connectivity index (χ1) is 16.6. The number of carbonyl (C=O) groups excluding carboxylic acids is 2. The van der Waals surface area contributed by atoms with Crippen LogP contribution in [0.5, 0.6) is 5.75 Å². The number of hydrogen-bond donors (Lipinski definition) is 1. The van der Waals surface area contributed by atoms with Crippen molar-refractivity contribution in [2.24, 2.45) is 0 Å². The molecule has 10 nitrogen and oxygen atoms in total. The van der Waals surface area contributed by atoms with E-state index < -0.39 is 6.09 Å². The van der Waals surface area contributed by atoms with Crippen LogP contribution in [0.15, 0.2) is 59.1 Å². The van der Waals surface area contributed by atoms with Crippen LogP contribution in [0, 0.1) is 0 Å². The lowest BCUT2D eigenvalue weighted by molar-refractivity contribution is -0.132. The normalized spacial score (nSPS) is 14.0. The molecule has 1 N–H and O–H groups in total. The number of nitrogens with one attached hydrogen (secondary N) is 1. The van der Waals surface area contributed by atoms with Crippen molar-refractivity contribution >= 4 is 12.0 Å². The minimum absolute atomic E-state index is 0.0947. The fourth-order valence-electron chi connectivity index (χ4n) is 3.56. The third-order valence-electron chi connectivity index (χ3n) is 5.50. The van der Waals surface area contributed by atoms with Gasteiger partial charge < -0.3 is 24.2 Å². The summed E-state index contributed by atoms with van der Waals surface area (Å²) in [6.45, 7) is 3.03. The Morgan fingerprint density at radius 1 is 1.03 bits per heavy atom. The Labute approximate surface area is 197 Å². The van der Waals surface area contributed by atoms with E-state index in [-0.39, 0.29) is 19.1 Å². The Bertz CT molecular complexity index is 1080.